The van der Waals surface area contributed by atoms with Crippen molar-refractivity contribution in [3.8, 4) is 0 Å². The summed E-state index contributed by atoms with van der Waals surface area (Å²) in [6.45, 7) is 10.5. The first-order valence-corrected chi connectivity index (χ1v) is 9.93. The van der Waals surface area contributed by atoms with Crippen LogP contribution >= 0.6 is 11.3 Å². The number of thiophene rings is 1. The van der Waals surface area contributed by atoms with Crippen molar-refractivity contribution in [2.75, 3.05) is 32.7 Å². The summed E-state index contributed by atoms with van der Waals surface area (Å²) in [7, 11) is -3.39. The van der Waals surface area contributed by atoms with Crippen LogP contribution in [0.2, 0.25) is 0 Å². The fraction of sp³-hybridized carbons (Fsp3) is 0.733. The van der Waals surface area contributed by atoms with Crippen molar-refractivity contribution < 1.29 is 13.5 Å². The second-order valence-electron chi connectivity index (χ2n) is 6.31. The van der Waals surface area contributed by atoms with E-state index in [0.29, 0.717) is 44.0 Å². The first-order valence-electron chi connectivity index (χ1n) is 7.67. The maximum atomic E-state index is 12.7. The van der Waals surface area contributed by atoms with Gasteiger partial charge in [0.05, 0.1) is 10.5 Å². The molecule has 1 atom stereocenters. The highest BCUT2D eigenvalue weighted by Crippen LogP contribution is 2.28. The van der Waals surface area contributed by atoms with E-state index in [2.05, 4.69) is 4.90 Å². The van der Waals surface area contributed by atoms with Crippen molar-refractivity contribution in [2.45, 2.75) is 44.6 Å². The van der Waals surface area contributed by atoms with Crippen LogP contribution in [0.15, 0.2) is 11.0 Å². The summed E-state index contributed by atoms with van der Waals surface area (Å²) in [6, 6.07) is 1.77. The van der Waals surface area contributed by atoms with Gasteiger partial charge in [-0.05, 0) is 33.3 Å². The summed E-state index contributed by atoms with van der Waals surface area (Å²) in [5, 5.41) is 10.1. The lowest BCUT2D eigenvalue weighted by Gasteiger charge is -2.37. The van der Waals surface area contributed by atoms with Gasteiger partial charge in [0.2, 0.25) is 10.0 Å². The van der Waals surface area contributed by atoms with E-state index in [1.807, 2.05) is 27.7 Å². The van der Waals surface area contributed by atoms with E-state index in [-0.39, 0.29) is 0 Å². The summed E-state index contributed by atoms with van der Waals surface area (Å²) in [6.07, 6.45) is 0.693. The second-order valence-corrected chi connectivity index (χ2v) is 9.68. The summed E-state index contributed by atoms with van der Waals surface area (Å²) >= 11 is 1.52. The molecule has 126 valence electrons. The number of aliphatic hydroxyl groups is 1. The fourth-order valence-electron chi connectivity index (χ4n) is 2.72. The van der Waals surface area contributed by atoms with Crippen molar-refractivity contribution in [3.63, 3.8) is 0 Å². The van der Waals surface area contributed by atoms with Gasteiger partial charge in [-0.1, -0.05) is 6.92 Å². The summed E-state index contributed by atoms with van der Waals surface area (Å²) in [5.41, 5.74) is -0.706. The summed E-state index contributed by atoms with van der Waals surface area (Å²) < 4.78 is 27.0. The standard InChI is InChI=1S/C15H26N2O3S2/c1-5-15(4,18)11-16-6-8-17(9-7-16)22(19,20)14-10-12(2)21-13(14)3/h10,18H,5-9,11H2,1-4H3. The van der Waals surface area contributed by atoms with Gasteiger partial charge < -0.3 is 5.11 Å². The average Bonchev–Trinajstić information content (AvgIpc) is 2.79. The van der Waals surface area contributed by atoms with Crippen LogP contribution in [0.25, 0.3) is 0 Å². The SMILES string of the molecule is CCC(C)(O)CN1CCN(S(=O)(=O)c2cc(C)sc2C)CC1. The van der Waals surface area contributed by atoms with E-state index in [1.54, 1.807) is 10.4 Å². The number of hydrogen-bond donors (Lipinski definition) is 1. The van der Waals surface area contributed by atoms with Crippen LogP contribution in [0.3, 0.4) is 0 Å². The lowest BCUT2D eigenvalue weighted by atomic mass is 10.0. The molecule has 1 N–H and O–H groups in total. The van der Waals surface area contributed by atoms with Crippen LogP contribution in [-0.2, 0) is 10.0 Å². The molecule has 22 heavy (non-hydrogen) atoms. The smallest absolute Gasteiger partial charge is 0.244 e. The molecule has 2 heterocycles. The fourth-order valence-corrected chi connectivity index (χ4v) is 5.67. The minimum Gasteiger partial charge on any atom is -0.389 e. The molecule has 0 radical (unpaired) electrons. The average molecular weight is 347 g/mol. The van der Waals surface area contributed by atoms with E-state index in [0.717, 1.165) is 9.75 Å². The number of sulfonamides is 1. The molecule has 0 saturated carbocycles. The third-order valence-electron chi connectivity index (χ3n) is 4.27. The lowest BCUT2D eigenvalue weighted by Crippen LogP contribution is -2.52. The van der Waals surface area contributed by atoms with E-state index >= 15 is 0 Å². The van der Waals surface area contributed by atoms with E-state index in [4.69, 9.17) is 0 Å². The van der Waals surface area contributed by atoms with Crippen LogP contribution < -0.4 is 0 Å². The Morgan fingerprint density at radius 2 is 1.86 bits per heavy atom. The predicted octanol–water partition coefficient (Wildman–Crippen LogP) is 1.83. The Hall–Kier alpha value is -0.470. The maximum Gasteiger partial charge on any atom is 0.244 e. The van der Waals surface area contributed by atoms with Gasteiger partial charge in [-0.2, -0.15) is 4.31 Å². The molecule has 0 bridgehead atoms. The van der Waals surface area contributed by atoms with E-state index in [1.165, 1.54) is 11.3 Å². The van der Waals surface area contributed by atoms with Gasteiger partial charge in [-0.25, -0.2) is 8.42 Å². The monoisotopic (exact) mass is 346 g/mol. The molecule has 0 aromatic carbocycles. The lowest BCUT2D eigenvalue weighted by molar-refractivity contribution is 0.00819. The normalized spacial score (nSPS) is 21.0. The van der Waals surface area contributed by atoms with Gasteiger partial charge in [0.25, 0.3) is 0 Å². The maximum absolute atomic E-state index is 12.7. The van der Waals surface area contributed by atoms with Gasteiger partial charge in [0, 0.05) is 42.5 Å². The summed E-state index contributed by atoms with van der Waals surface area (Å²) in [4.78, 5) is 4.47. The van der Waals surface area contributed by atoms with Gasteiger partial charge >= 0.3 is 0 Å². The molecule has 1 aromatic rings. The number of β-amino-alcohol motifs (C(OH)–C–C–N with tert-alkyl or cyclic N) is 1. The largest absolute Gasteiger partial charge is 0.389 e. The zero-order valence-corrected chi connectivity index (χ0v) is 15.4. The van der Waals surface area contributed by atoms with Gasteiger partial charge in [0.15, 0.2) is 0 Å². The molecule has 1 fully saturated rings. The number of rotatable bonds is 5. The third-order valence-corrected chi connectivity index (χ3v) is 7.39. The molecule has 0 aliphatic carbocycles. The number of nitrogens with zero attached hydrogens (tertiary/aromatic N) is 2. The zero-order chi connectivity index (χ0) is 16.5. The molecule has 1 aliphatic heterocycles. The van der Waals surface area contributed by atoms with Crippen molar-refractivity contribution in [3.05, 3.63) is 15.8 Å². The highest BCUT2D eigenvalue weighted by atomic mass is 32.2. The first kappa shape index (κ1) is 17.9. The Balaban J connectivity index is 2.04. The Morgan fingerprint density at radius 3 is 2.32 bits per heavy atom. The molecular weight excluding hydrogens is 320 g/mol. The molecule has 2 rings (SSSR count). The summed E-state index contributed by atoms with van der Waals surface area (Å²) in [5.74, 6) is 0. The Bertz CT molecular complexity index is 615. The number of aryl methyl sites for hydroxylation is 2. The first-order chi connectivity index (χ1) is 10.2. The topological polar surface area (TPSA) is 60.9 Å². The van der Waals surface area contributed by atoms with Crippen LogP contribution in [0.5, 0.6) is 0 Å². The highest BCUT2D eigenvalue weighted by molar-refractivity contribution is 7.89. The minimum atomic E-state index is -3.39. The Morgan fingerprint density at radius 1 is 1.27 bits per heavy atom. The zero-order valence-electron chi connectivity index (χ0n) is 13.8. The third kappa shape index (κ3) is 3.89. The van der Waals surface area contributed by atoms with Crippen LogP contribution in [0.1, 0.15) is 30.0 Å². The van der Waals surface area contributed by atoms with Crippen molar-refractivity contribution in [1.82, 2.24) is 9.21 Å². The molecule has 0 amide bonds. The van der Waals surface area contributed by atoms with Crippen LogP contribution in [0.4, 0.5) is 0 Å². The molecular formula is C15H26N2O3S2. The van der Waals surface area contributed by atoms with Gasteiger partial charge in [0.1, 0.15) is 0 Å². The molecule has 1 aliphatic rings. The van der Waals surface area contributed by atoms with E-state index in [9.17, 15) is 13.5 Å². The Kier molecular flexibility index (Phi) is 5.34. The molecule has 5 nitrogen and oxygen atoms in total. The van der Waals surface area contributed by atoms with E-state index < -0.39 is 15.6 Å². The van der Waals surface area contributed by atoms with Crippen molar-refractivity contribution in [2.24, 2.45) is 0 Å². The molecule has 7 heteroatoms. The second kappa shape index (κ2) is 6.57. The predicted molar refractivity (Wildman–Crippen MR) is 89.9 cm³/mol. The Labute approximate surface area is 137 Å². The molecule has 1 saturated heterocycles. The minimum absolute atomic E-state index is 0.448. The highest BCUT2D eigenvalue weighted by Gasteiger charge is 2.32. The van der Waals surface area contributed by atoms with Gasteiger partial charge in [-0.15, -0.1) is 11.3 Å². The number of hydrogen-bond acceptors (Lipinski definition) is 5. The number of piperazine rings is 1. The quantitative estimate of drug-likeness (QED) is 0.884. The van der Waals surface area contributed by atoms with Crippen LogP contribution in [0, 0.1) is 13.8 Å². The van der Waals surface area contributed by atoms with Crippen molar-refractivity contribution in [1.29, 1.82) is 0 Å². The molecule has 0 spiro atoms. The van der Waals surface area contributed by atoms with Gasteiger partial charge in [-0.3, -0.25) is 4.90 Å². The molecule has 1 aromatic heterocycles. The van der Waals surface area contributed by atoms with Crippen LogP contribution in [-0.4, -0.2) is 61.1 Å². The molecule has 1 unspecified atom stereocenters. The van der Waals surface area contributed by atoms with Crippen molar-refractivity contribution >= 4 is 21.4 Å².